The Kier molecular flexibility index (Phi) is 3.20. The van der Waals surface area contributed by atoms with Gasteiger partial charge in [-0.2, -0.15) is 0 Å². The molecule has 0 spiro atoms. The van der Waals surface area contributed by atoms with Gasteiger partial charge in [0.25, 0.3) is 0 Å². The molecular weight excluding hydrogens is 236 g/mol. The molecule has 1 amide bonds. The topological polar surface area (TPSA) is 102 Å². The molecule has 1 aromatic carbocycles. The van der Waals surface area contributed by atoms with Crippen molar-refractivity contribution in [1.29, 1.82) is 0 Å². The Balaban J connectivity index is 2.17. The number of nitrogens with two attached hydrogens (primary N) is 1. The summed E-state index contributed by atoms with van der Waals surface area (Å²) in [6, 6.07) is 6.36. The van der Waals surface area contributed by atoms with Crippen LogP contribution in [0.5, 0.6) is 0 Å². The van der Waals surface area contributed by atoms with Gasteiger partial charge in [0.15, 0.2) is 5.54 Å². The molecule has 1 unspecified atom stereocenters. The summed E-state index contributed by atoms with van der Waals surface area (Å²) in [6.07, 6.45) is 0.403. The predicted molar refractivity (Wildman–Crippen MR) is 64.4 cm³/mol. The van der Waals surface area contributed by atoms with Crippen LogP contribution in [0.25, 0.3) is 0 Å². The number of carbonyl (C=O) groups is 2. The second kappa shape index (κ2) is 4.66. The number of ether oxygens (including phenoxy) is 1. The average Bonchev–Trinajstić information content (AvgIpc) is 2.79. The van der Waals surface area contributed by atoms with Gasteiger partial charge >= 0.3 is 5.97 Å². The maximum Gasteiger partial charge on any atom is 0.331 e. The first-order valence-electron chi connectivity index (χ1n) is 5.53. The molecule has 0 saturated carbocycles. The molecule has 0 aromatic heterocycles. The second-order valence-electron chi connectivity index (χ2n) is 4.26. The van der Waals surface area contributed by atoms with Crippen LogP contribution < -0.4 is 11.1 Å². The van der Waals surface area contributed by atoms with Crippen LogP contribution in [0.15, 0.2) is 24.3 Å². The number of carboxylic acids is 1. The number of primary amides is 1. The molecular formula is C12H14N2O4. The Morgan fingerprint density at radius 2 is 2.00 bits per heavy atom. The Morgan fingerprint density at radius 1 is 1.33 bits per heavy atom. The summed E-state index contributed by atoms with van der Waals surface area (Å²) in [7, 11) is 0. The smallest absolute Gasteiger partial charge is 0.331 e. The van der Waals surface area contributed by atoms with E-state index in [1.165, 1.54) is 0 Å². The van der Waals surface area contributed by atoms with E-state index in [0.717, 1.165) is 0 Å². The molecule has 1 aliphatic heterocycles. The zero-order chi connectivity index (χ0) is 13.2. The van der Waals surface area contributed by atoms with Gasteiger partial charge in [0.05, 0.1) is 6.61 Å². The molecule has 1 atom stereocenters. The van der Waals surface area contributed by atoms with Crippen LogP contribution in [0.1, 0.15) is 16.8 Å². The van der Waals surface area contributed by atoms with Crippen molar-refractivity contribution in [1.82, 2.24) is 0 Å². The summed E-state index contributed by atoms with van der Waals surface area (Å²) >= 11 is 0. The number of anilines is 1. The van der Waals surface area contributed by atoms with Crippen molar-refractivity contribution in [3.05, 3.63) is 29.8 Å². The number of rotatable bonds is 4. The van der Waals surface area contributed by atoms with Crippen LogP contribution in [-0.2, 0) is 9.53 Å². The molecule has 18 heavy (non-hydrogen) atoms. The lowest BCUT2D eigenvalue weighted by Crippen LogP contribution is -2.47. The highest BCUT2D eigenvalue weighted by atomic mass is 16.5. The lowest BCUT2D eigenvalue weighted by atomic mass is 9.98. The molecule has 96 valence electrons. The van der Waals surface area contributed by atoms with E-state index in [9.17, 15) is 14.7 Å². The van der Waals surface area contributed by atoms with Crippen molar-refractivity contribution in [2.45, 2.75) is 12.0 Å². The van der Waals surface area contributed by atoms with Crippen LogP contribution >= 0.6 is 0 Å². The van der Waals surface area contributed by atoms with Gasteiger partial charge in [-0.1, -0.05) is 0 Å². The number of hydrogen-bond donors (Lipinski definition) is 3. The fraction of sp³-hybridized carbons (Fsp3) is 0.333. The third kappa shape index (κ3) is 2.28. The summed E-state index contributed by atoms with van der Waals surface area (Å²) in [6.45, 7) is 0.540. The molecule has 6 nitrogen and oxygen atoms in total. The first-order chi connectivity index (χ1) is 8.53. The minimum atomic E-state index is -1.09. The predicted octanol–water partition coefficient (Wildman–Crippen LogP) is 0.441. The minimum absolute atomic E-state index is 0.125. The molecule has 1 saturated heterocycles. The number of nitrogens with one attached hydrogen (secondary N) is 1. The molecule has 2 rings (SSSR count). The van der Waals surface area contributed by atoms with Crippen LogP contribution in [0.4, 0.5) is 5.69 Å². The average molecular weight is 250 g/mol. The van der Waals surface area contributed by atoms with Crippen molar-refractivity contribution < 1.29 is 19.4 Å². The monoisotopic (exact) mass is 250 g/mol. The zero-order valence-electron chi connectivity index (χ0n) is 9.68. The van der Waals surface area contributed by atoms with E-state index in [-0.39, 0.29) is 6.61 Å². The van der Waals surface area contributed by atoms with Gasteiger partial charge in [0.2, 0.25) is 5.91 Å². The summed E-state index contributed by atoms with van der Waals surface area (Å²) in [5, 5.41) is 12.2. The standard InChI is InChI=1S/C12H14N2O4/c13-10(15)8-1-3-9(4-2-8)14-12(11(16)17)5-6-18-7-12/h1-4,14H,5-7H2,(H2,13,15)(H,16,17). The van der Waals surface area contributed by atoms with Gasteiger partial charge in [0.1, 0.15) is 0 Å². The van der Waals surface area contributed by atoms with E-state index >= 15 is 0 Å². The molecule has 1 aliphatic rings. The van der Waals surface area contributed by atoms with Gasteiger partial charge in [-0.25, -0.2) is 4.79 Å². The molecule has 1 fully saturated rings. The summed E-state index contributed by atoms with van der Waals surface area (Å²) in [5.41, 5.74) is 5.04. The minimum Gasteiger partial charge on any atom is -0.479 e. The van der Waals surface area contributed by atoms with Crippen LogP contribution in [0, 0.1) is 0 Å². The van der Waals surface area contributed by atoms with E-state index in [4.69, 9.17) is 10.5 Å². The SMILES string of the molecule is NC(=O)c1ccc(NC2(C(=O)O)CCOC2)cc1. The number of aliphatic carboxylic acids is 1. The van der Waals surface area contributed by atoms with Gasteiger partial charge in [-0.15, -0.1) is 0 Å². The van der Waals surface area contributed by atoms with Crippen molar-refractivity contribution >= 4 is 17.6 Å². The van der Waals surface area contributed by atoms with E-state index in [0.29, 0.717) is 24.3 Å². The van der Waals surface area contributed by atoms with Gasteiger partial charge in [-0.3, -0.25) is 4.79 Å². The van der Waals surface area contributed by atoms with Crippen molar-refractivity contribution in [2.24, 2.45) is 5.73 Å². The molecule has 4 N–H and O–H groups in total. The number of hydrogen-bond acceptors (Lipinski definition) is 4. The maximum atomic E-state index is 11.3. The van der Waals surface area contributed by atoms with Gasteiger partial charge in [-0.05, 0) is 24.3 Å². The third-order valence-electron chi connectivity index (χ3n) is 2.98. The summed E-state index contributed by atoms with van der Waals surface area (Å²) < 4.78 is 5.14. The molecule has 0 radical (unpaired) electrons. The van der Waals surface area contributed by atoms with Crippen molar-refractivity contribution in [3.63, 3.8) is 0 Å². The fourth-order valence-corrected chi connectivity index (χ4v) is 1.88. The number of benzene rings is 1. The zero-order valence-corrected chi connectivity index (χ0v) is 9.68. The Labute approximate surface area is 104 Å². The molecule has 0 aliphatic carbocycles. The number of carboxylic acid groups (broad SMARTS) is 1. The Hall–Kier alpha value is -2.08. The quantitative estimate of drug-likeness (QED) is 0.719. The van der Waals surface area contributed by atoms with E-state index in [1.807, 2.05) is 0 Å². The molecule has 6 heteroatoms. The third-order valence-corrected chi connectivity index (χ3v) is 2.98. The van der Waals surface area contributed by atoms with Gasteiger partial charge < -0.3 is 20.9 Å². The van der Waals surface area contributed by atoms with Crippen LogP contribution in [-0.4, -0.2) is 35.7 Å². The highest BCUT2D eigenvalue weighted by Crippen LogP contribution is 2.25. The van der Waals surface area contributed by atoms with Crippen molar-refractivity contribution in [2.75, 3.05) is 18.5 Å². The lowest BCUT2D eigenvalue weighted by Gasteiger charge is -2.25. The van der Waals surface area contributed by atoms with Crippen molar-refractivity contribution in [3.8, 4) is 0 Å². The van der Waals surface area contributed by atoms with Crippen LogP contribution in [0.3, 0.4) is 0 Å². The summed E-state index contributed by atoms with van der Waals surface area (Å²) in [4.78, 5) is 22.2. The second-order valence-corrected chi connectivity index (χ2v) is 4.26. The summed E-state index contributed by atoms with van der Waals surface area (Å²) in [5.74, 6) is -1.46. The number of amides is 1. The van der Waals surface area contributed by atoms with Gasteiger partial charge in [0, 0.05) is 24.3 Å². The Bertz CT molecular complexity index is 463. The Morgan fingerprint density at radius 3 is 2.44 bits per heavy atom. The first kappa shape index (κ1) is 12.4. The van der Waals surface area contributed by atoms with Crippen LogP contribution in [0.2, 0.25) is 0 Å². The molecule has 1 heterocycles. The van der Waals surface area contributed by atoms with E-state index in [1.54, 1.807) is 24.3 Å². The molecule has 0 bridgehead atoms. The highest BCUT2D eigenvalue weighted by molar-refractivity contribution is 5.93. The molecule has 1 aromatic rings. The van der Waals surface area contributed by atoms with E-state index < -0.39 is 17.4 Å². The largest absolute Gasteiger partial charge is 0.479 e. The fourth-order valence-electron chi connectivity index (χ4n) is 1.88. The van der Waals surface area contributed by atoms with E-state index in [2.05, 4.69) is 5.32 Å². The maximum absolute atomic E-state index is 11.3. The first-order valence-corrected chi connectivity index (χ1v) is 5.53. The lowest BCUT2D eigenvalue weighted by molar-refractivity contribution is -0.142. The highest BCUT2D eigenvalue weighted by Gasteiger charge is 2.42. The normalized spacial score (nSPS) is 22.7. The number of carbonyl (C=O) groups excluding carboxylic acids is 1.